The fourth-order valence-corrected chi connectivity index (χ4v) is 5.10. The number of ketones is 1. The molecule has 0 radical (unpaired) electrons. The zero-order valence-corrected chi connectivity index (χ0v) is 16.2. The molecule has 0 heterocycles. The molecule has 0 bridgehead atoms. The van der Waals surface area contributed by atoms with Crippen LogP contribution in [0.15, 0.2) is 0 Å². The highest BCUT2D eigenvalue weighted by atomic mass is 28.4. The quantitative estimate of drug-likeness (QED) is 0.770. The minimum atomic E-state index is -2.01. The minimum Gasteiger partial charge on any atom is -0.407 e. The molecule has 0 saturated heterocycles. The lowest BCUT2D eigenvalue weighted by atomic mass is 9.71. The van der Waals surface area contributed by atoms with Crippen molar-refractivity contribution >= 4 is 14.1 Å². The molecule has 0 aromatic rings. The lowest BCUT2D eigenvalue weighted by Gasteiger charge is -2.42. The standard InChI is InChI=1S/C18H34O3Si/c1-13-11-14-9-7-8-10-18(14,20)16(19)15(12-13)21-22(5,6)17(2,3)4/h13-15,20H,7-12H2,1-6H3/t13-,14-,15-,18-/m0/s1. The van der Waals surface area contributed by atoms with Crippen LogP contribution in [0.25, 0.3) is 0 Å². The van der Waals surface area contributed by atoms with Crippen molar-refractivity contribution < 1.29 is 14.3 Å². The Kier molecular flexibility index (Phi) is 4.97. The van der Waals surface area contributed by atoms with E-state index in [2.05, 4.69) is 40.8 Å². The van der Waals surface area contributed by atoms with Gasteiger partial charge in [-0.05, 0) is 55.7 Å². The van der Waals surface area contributed by atoms with Crippen molar-refractivity contribution in [3.8, 4) is 0 Å². The van der Waals surface area contributed by atoms with Crippen molar-refractivity contribution in [2.24, 2.45) is 11.8 Å². The van der Waals surface area contributed by atoms with Crippen LogP contribution in [0, 0.1) is 11.8 Å². The zero-order chi connectivity index (χ0) is 16.8. The Balaban J connectivity index is 2.26. The molecule has 128 valence electrons. The highest BCUT2D eigenvalue weighted by Crippen LogP contribution is 2.45. The van der Waals surface area contributed by atoms with Crippen molar-refractivity contribution in [3.63, 3.8) is 0 Å². The van der Waals surface area contributed by atoms with Gasteiger partial charge in [-0.1, -0.05) is 40.5 Å². The first-order valence-electron chi connectivity index (χ1n) is 8.92. The largest absolute Gasteiger partial charge is 0.407 e. The summed E-state index contributed by atoms with van der Waals surface area (Å²) in [7, 11) is -2.01. The number of fused-ring (bicyclic) bond motifs is 1. The molecule has 0 aliphatic heterocycles. The van der Waals surface area contributed by atoms with E-state index in [0.717, 1.165) is 32.1 Å². The molecule has 2 aliphatic rings. The van der Waals surface area contributed by atoms with E-state index in [4.69, 9.17) is 4.43 Å². The molecule has 2 fully saturated rings. The topological polar surface area (TPSA) is 46.5 Å². The third kappa shape index (κ3) is 3.34. The van der Waals surface area contributed by atoms with Gasteiger partial charge in [0.1, 0.15) is 11.7 Å². The summed E-state index contributed by atoms with van der Waals surface area (Å²) in [4.78, 5) is 13.1. The summed E-state index contributed by atoms with van der Waals surface area (Å²) in [6.07, 6.45) is 5.02. The lowest BCUT2D eigenvalue weighted by molar-refractivity contribution is -0.153. The predicted octanol–water partition coefficient (Wildman–Crippen LogP) is 4.30. The zero-order valence-electron chi connectivity index (χ0n) is 15.2. The molecule has 2 aliphatic carbocycles. The fraction of sp³-hybridized carbons (Fsp3) is 0.944. The van der Waals surface area contributed by atoms with E-state index in [-0.39, 0.29) is 16.7 Å². The maximum atomic E-state index is 13.1. The van der Waals surface area contributed by atoms with Gasteiger partial charge >= 0.3 is 0 Å². The summed E-state index contributed by atoms with van der Waals surface area (Å²) in [5.74, 6) is 0.555. The molecular formula is C18H34O3Si. The summed E-state index contributed by atoms with van der Waals surface area (Å²) in [6, 6.07) is 0. The van der Waals surface area contributed by atoms with E-state index >= 15 is 0 Å². The number of aliphatic hydroxyl groups is 1. The van der Waals surface area contributed by atoms with Gasteiger partial charge in [0.25, 0.3) is 0 Å². The van der Waals surface area contributed by atoms with Crippen molar-refractivity contribution in [2.45, 2.75) is 96.1 Å². The molecule has 0 aromatic heterocycles. The summed E-state index contributed by atoms with van der Waals surface area (Å²) >= 11 is 0. The Morgan fingerprint density at radius 2 is 1.86 bits per heavy atom. The number of carbonyl (C=O) groups is 1. The van der Waals surface area contributed by atoms with Gasteiger partial charge < -0.3 is 9.53 Å². The van der Waals surface area contributed by atoms with E-state index < -0.39 is 20.0 Å². The van der Waals surface area contributed by atoms with E-state index in [0.29, 0.717) is 12.3 Å². The molecule has 3 nitrogen and oxygen atoms in total. The number of hydrogen-bond acceptors (Lipinski definition) is 3. The molecule has 4 heteroatoms. The fourth-order valence-electron chi connectivity index (χ4n) is 3.83. The first kappa shape index (κ1) is 18.1. The maximum absolute atomic E-state index is 13.1. The van der Waals surface area contributed by atoms with Gasteiger partial charge in [0.05, 0.1) is 0 Å². The Morgan fingerprint density at radius 1 is 1.23 bits per heavy atom. The van der Waals surface area contributed by atoms with Crippen LogP contribution < -0.4 is 0 Å². The van der Waals surface area contributed by atoms with Gasteiger partial charge in [-0.15, -0.1) is 0 Å². The highest BCUT2D eigenvalue weighted by Gasteiger charge is 2.52. The second kappa shape index (κ2) is 6.03. The molecule has 1 N–H and O–H groups in total. The van der Waals surface area contributed by atoms with Crippen molar-refractivity contribution in [2.75, 3.05) is 0 Å². The SMILES string of the molecule is C[C@H]1C[C@@H]2CCCC[C@@]2(O)C(=O)[C@@H](O[Si](C)(C)C(C)(C)C)C1. The number of hydrogen-bond donors (Lipinski definition) is 1. The van der Waals surface area contributed by atoms with Crippen LogP contribution in [0.2, 0.25) is 18.1 Å². The maximum Gasteiger partial charge on any atom is 0.193 e. The van der Waals surface area contributed by atoms with Crippen molar-refractivity contribution in [1.82, 2.24) is 0 Å². The van der Waals surface area contributed by atoms with Gasteiger partial charge in [-0.2, -0.15) is 0 Å². The third-order valence-electron chi connectivity index (χ3n) is 6.30. The molecule has 2 rings (SSSR count). The van der Waals surface area contributed by atoms with Crippen LogP contribution in [0.4, 0.5) is 0 Å². The average molecular weight is 327 g/mol. The average Bonchev–Trinajstić information content (AvgIpc) is 2.46. The molecule has 4 atom stereocenters. The second-order valence-corrected chi connectivity index (χ2v) is 13.9. The number of carbonyl (C=O) groups excluding carboxylic acids is 1. The molecule has 22 heavy (non-hydrogen) atoms. The van der Waals surface area contributed by atoms with Crippen LogP contribution in [0.1, 0.15) is 66.2 Å². The third-order valence-corrected chi connectivity index (χ3v) is 10.8. The van der Waals surface area contributed by atoms with Crippen molar-refractivity contribution in [3.05, 3.63) is 0 Å². The molecule has 0 amide bonds. The number of rotatable bonds is 2. The number of Topliss-reactive ketones (excluding diaryl/α,β-unsaturated/α-hetero) is 1. The summed E-state index contributed by atoms with van der Waals surface area (Å²) in [5, 5.41) is 11.2. The second-order valence-electron chi connectivity index (χ2n) is 9.17. The molecule has 0 aromatic carbocycles. The lowest BCUT2D eigenvalue weighted by Crippen LogP contribution is -2.54. The smallest absolute Gasteiger partial charge is 0.193 e. The Bertz CT molecular complexity index is 427. The van der Waals surface area contributed by atoms with E-state index in [1.165, 1.54) is 0 Å². The minimum absolute atomic E-state index is 0.0219. The first-order chi connectivity index (χ1) is 9.97. The summed E-state index contributed by atoms with van der Waals surface area (Å²) < 4.78 is 6.45. The molecular weight excluding hydrogens is 292 g/mol. The molecule has 0 unspecified atom stereocenters. The first-order valence-corrected chi connectivity index (χ1v) is 11.8. The normalized spacial score (nSPS) is 37.6. The van der Waals surface area contributed by atoms with Gasteiger partial charge in [0.15, 0.2) is 14.1 Å². The van der Waals surface area contributed by atoms with Crippen LogP contribution in [-0.4, -0.2) is 30.9 Å². The van der Waals surface area contributed by atoms with E-state index in [9.17, 15) is 9.90 Å². The highest BCUT2D eigenvalue weighted by molar-refractivity contribution is 6.74. The van der Waals surface area contributed by atoms with Crippen LogP contribution in [-0.2, 0) is 9.22 Å². The van der Waals surface area contributed by atoms with Gasteiger partial charge in [0.2, 0.25) is 0 Å². The molecule has 0 spiro atoms. The Hall–Kier alpha value is -0.193. The molecule has 2 saturated carbocycles. The Labute approximate surface area is 137 Å². The Morgan fingerprint density at radius 3 is 2.45 bits per heavy atom. The van der Waals surface area contributed by atoms with Gasteiger partial charge in [-0.3, -0.25) is 4.79 Å². The van der Waals surface area contributed by atoms with Gasteiger partial charge in [0, 0.05) is 0 Å². The van der Waals surface area contributed by atoms with E-state index in [1.54, 1.807) is 0 Å². The monoisotopic (exact) mass is 326 g/mol. The summed E-state index contributed by atoms with van der Waals surface area (Å²) in [6.45, 7) is 13.2. The van der Waals surface area contributed by atoms with Gasteiger partial charge in [-0.25, -0.2) is 0 Å². The van der Waals surface area contributed by atoms with Crippen LogP contribution in [0.3, 0.4) is 0 Å². The van der Waals surface area contributed by atoms with Crippen molar-refractivity contribution in [1.29, 1.82) is 0 Å². The van der Waals surface area contributed by atoms with E-state index in [1.807, 2.05) is 0 Å². The van der Waals surface area contributed by atoms with Crippen LogP contribution >= 0.6 is 0 Å². The van der Waals surface area contributed by atoms with Crippen LogP contribution in [0.5, 0.6) is 0 Å². The predicted molar refractivity (Wildman–Crippen MR) is 92.4 cm³/mol. The summed E-state index contributed by atoms with van der Waals surface area (Å²) in [5.41, 5.74) is -1.13.